The minimum absolute atomic E-state index is 0.190. The molecule has 0 atom stereocenters. The molecule has 1 N–H and O–H groups in total. The van der Waals surface area contributed by atoms with Crippen molar-refractivity contribution in [3.8, 4) is 5.69 Å². The van der Waals surface area contributed by atoms with Crippen molar-refractivity contribution in [3.05, 3.63) is 112 Å². The molecule has 3 aromatic carbocycles. The van der Waals surface area contributed by atoms with E-state index in [1.807, 2.05) is 54.6 Å². The number of rotatable bonds is 7. The van der Waals surface area contributed by atoms with Gasteiger partial charge >= 0.3 is 5.63 Å². The summed E-state index contributed by atoms with van der Waals surface area (Å²) in [7, 11) is 0. The molecule has 2 aromatic heterocycles. The van der Waals surface area contributed by atoms with Crippen LogP contribution in [0.1, 0.15) is 23.9 Å². The molecule has 1 amide bonds. The summed E-state index contributed by atoms with van der Waals surface area (Å²) in [5.41, 5.74) is 3.50. The van der Waals surface area contributed by atoms with Crippen LogP contribution in [0.4, 0.5) is 5.69 Å². The number of thioether (sulfide) groups is 1. The first-order valence-electron chi connectivity index (χ1n) is 11.1. The molecule has 0 bridgehead atoms. The standard InChI is InChI=1S/C27H22N4O3S/c1-18(32)28-21-12-13-23-20(15-26(33)34-24(23)16-21)17-35-27-30-29-25(14-19-8-4-2-5-9-19)31(27)22-10-6-3-7-11-22/h2-13,15-16H,14,17H2,1H3,(H,28,32). The highest BCUT2D eigenvalue weighted by atomic mass is 32.2. The largest absolute Gasteiger partial charge is 0.423 e. The van der Waals surface area contributed by atoms with Crippen molar-refractivity contribution in [2.45, 2.75) is 24.3 Å². The fourth-order valence-electron chi connectivity index (χ4n) is 3.90. The summed E-state index contributed by atoms with van der Waals surface area (Å²) in [6.07, 6.45) is 0.646. The first-order valence-corrected chi connectivity index (χ1v) is 12.1. The van der Waals surface area contributed by atoms with E-state index in [4.69, 9.17) is 4.42 Å². The summed E-state index contributed by atoms with van der Waals surface area (Å²) in [4.78, 5) is 23.6. The van der Waals surface area contributed by atoms with Crippen LogP contribution >= 0.6 is 11.8 Å². The number of amides is 1. The predicted molar refractivity (Wildman–Crippen MR) is 137 cm³/mol. The zero-order chi connectivity index (χ0) is 24.2. The molecule has 0 radical (unpaired) electrons. The lowest BCUT2D eigenvalue weighted by atomic mass is 10.1. The SMILES string of the molecule is CC(=O)Nc1ccc2c(CSc3nnc(Cc4ccccc4)n3-c3ccccc3)cc(=O)oc2c1. The van der Waals surface area contributed by atoms with E-state index in [-0.39, 0.29) is 5.91 Å². The van der Waals surface area contributed by atoms with E-state index in [0.29, 0.717) is 23.4 Å². The van der Waals surface area contributed by atoms with Gasteiger partial charge in [0, 0.05) is 48.0 Å². The van der Waals surface area contributed by atoms with Crippen LogP contribution < -0.4 is 10.9 Å². The summed E-state index contributed by atoms with van der Waals surface area (Å²) in [6, 6.07) is 27.0. The summed E-state index contributed by atoms with van der Waals surface area (Å²) in [5, 5.41) is 13.2. The normalized spacial score (nSPS) is 11.0. The molecular weight excluding hydrogens is 460 g/mol. The van der Waals surface area contributed by atoms with Crippen LogP contribution in [0.2, 0.25) is 0 Å². The molecule has 0 saturated heterocycles. The maximum Gasteiger partial charge on any atom is 0.336 e. The van der Waals surface area contributed by atoms with Crippen LogP contribution in [-0.2, 0) is 17.0 Å². The van der Waals surface area contributed by atoms with Crippen molar-refractivity contribution >= 4 is 34.3 Å². The van der Waals surface area contributed by atoms with Crippen molar-refractivity contribution < 1.29 is 9.21 Å². The fourth-order valence-corrected chi connectivity index (χ4v) is 4.86. The average molecular weight is 483 g/mol. The van der Waals surface area contributed by atoms with E-state index < -0.39 is 5.63 Å². The summed E-state index contributed by atoms with van der Waals surface area (Å²) in [5.74, 6) is 1.14. The number of carbonyl (C=O) groups is 1. The smallest absolute Gasteiger partial charge is 0.336 e. The molecule has 0 aliphatic carbocycles. The number of hydrogen-bond acceptors (Lipinski definition) is 6. The zero-order valence-corrected chi connectivity index (χ0v) is 19.8. The third kappa shape index (κ3) is 5.17. The molecule has 0 aliphatic heterocycles. The Morgan fingerprint density at radius 3 is 2.46 bits per heavy atom. The Morgan fingerprint density at radius 2 is 1.71 bits per heavy atom. The van der Waals surface area contributed by atoms with Gasteiger partial charge in [0.05, 0.1) is 0 Å². The number of para-hydroxylation sites is 1. The minimum atomic E-state index is -0.442. The van der Waals surface area contributed by atoms with Gasteiger partial charge in [-0.3, -0.25) is 9.36 Å². The third-order valence-electron chi connectivity index (χ3n) is 5.43. The molecule has 0 saturated carbocycles. The molecule has 0 spiro atoms. The van der Waals surface area contributed by atoms with Crippen LogP contribution in [0, 0.1) is 0 Å². The van der Waals surface area contributed by atoms with Crippen molar-refractivity contribution in [1.29, 1.82) is 0 Å². The Kier molecular flexibility index (Phi) is 6.45. The molecule has 7 nitrogen and oxygen atoms in total. The Labute approximate surface area is 205 Å². The number of hydrogen-bond donors (Lipinski definition) is 1. The molecule has 35 heavy (non-hydrogen) atoms. The van der Waals surface area contributed by atoms with Crippen LogP contribution in [0.15, 0.2) is 99.3 Å². The van der Waals surface area contributed by atoms with Gasteiger partial charge in [-0.1, -0.05) is 60.3 Å². The van der Waals surface area contributed by atoms with Crippen molar-refractivity contribution in [2.24, 2.45) is 0 Å². The van der Waals surface area contributed by atoms with Crippen LogP contribution in [0.5, 0.6) is 0 Å². The first-order chi connectivity index (χ1) is 17.1. The second kappa shape index (κ2) is 9.99. The third-order valence-corrected chi connectivity index (χ3v) is 6.40. The highest BCUT2D eigenvalue weighted by Crippen LogP contribution is 2.29. The van der Waals surface area contributed by atoms with Gasteiger partial charge in [0.1, 0.15) is 11.4 Å². The van der Waals surface area contributed by atoms with Gasteiger partial charge in [-0.25, -0.2) is 4.79 Å². The number of anilines is 1. The van der Waals surface area contributed by atoms with Crippen LogP contribution in [-0.4, -0.2) is 20.7 Å². The van der Waals surface area contributed by atoms with E-state index >= 15 is 0 Å². The number of benzene rings is 3. The molecule has 0 unspecified atom stereocenters. The molecular formula is C27H22N4O3S. The summed E-state index contributed by atoms with van der Waals surface area (Å²) < 4.78 is 7.45. The summed E-state index contributed by atoms with van der Waals surface area (Å²) >= 11 is 1.50. The Bertz CT molecular complexity index is 1550. The van der Waals surface area contributed by atoms with Gasteiger partial charge in [-0.2, -0.15) is 0 Å². The maximum atomic E-state index is 12.2. The molecule has 5 aromatic rings. The Balaban J connectivity index is 1.48. The van der Waals surface area contributed by atoms with Gasteiger partial charge in [0.2, 0.25) is 5.91 Å². The lowest BCUT2D eigenvalue weighted by Crippen LogP contribution is -2.06. The van der Waals surface area contributed by atoms with Gasteiger partial charge in [0.25, 0.3) is 0 Å². The highest BCUT2D eigenvalue weighted by Gasteiger charge is 2.16. The lowest BCUT2D eigenvalue weighted by molar-refractivity contribution is -0.114. The predicted octanol–water partition coefficient (Wildman–Crippen LogP) is 5.22. The quantitative estimate of drug-likeness (QED) is 0.253. The molecule has 174 valence electrons. The maximum absolute atomic E-state index is 12.2. The van der Waals surface area contributed by atoms with E-state index in [1.54, 1.807) is 12.1 Å². The molecule has 0 aliphatic rings. The molecule has 2 heterocycles. The van der Waals surface area contributed by atoms with Crippen molar-refractivity contribution in [1.82, 2.24) is 14.8 Å². The van der Waals surface area contributed by atoms with E-state index in [2.05, 4.69) is 32.2 Å². The van der Waals surface area contributed by atoms with E-state index in [0.717, 1.165) is 33.2 Å². The average Bonchev–Trinajstić information content (AvgIpc) is 3.25. The summed E-state index contributed by atoms with van der Waals surface area (Å²) in [6.45, 7) is 1.43. The second-order valence-electron chi connectivity index (χ2n) is 8.00. The number of aromatic nitrogens is 3. The second-order valence-corrected chi connectivity index (χ2v) is 8.95. The van der Waals surface area contributed by atoms with Gasteiger partial charge in [0.15, 0.2) is 5.16 Å². The minimum Gasteiger partial charge on any atom is -0.423 e. The monoisotopic (exact) mass is 482 g/mol. The zero-order valence-electron chi connectivity index (χ0n) is 19.0. The number of nitrogens with zero attached hydrogens (tertiary/aromatic N) is 3. The topological polar surface area (TPSA) is 90.0 Å². The highest BCUT2D eigenvalue weighted by molar-refractivity contribution is 7.98. The van der Waals surface area contributed by atoms with E-state index in [1.165, 1.54) is 24.8 Å². The van der Waals surface area contributed by atoms with E-state index in [9.17, 15) is 9.59 Å². The fraction of sp³-hybridized carbons (Fsp3) is 0.111. The Hall–Kier alpha value is -4.17. The van der Waals surface area contributed by atoms with Crippen molar-refractivity contribution in [3.63, 3.8) is 0 Å². The number of fused-ring (bicyclic) bond motifs is 1. The Morgan fingerprint density at radius 1 is 0.971 bits per heavy atom. The van der Waals surface area contributed by atoms with Crippen LogP contribution in [0.3, 0.4) is 0 Å². The first kappa shape index (κ1) is 22.6. The molecule has 0 fully saturated rings. The van der Waals surface area contributed by atoms with Crippen molar-refractivity contribution in [2.75, 3.05) is 5.32 Å². The molecule has 5 rings (SSSR count). The van der Waals surface area contributed by atoms with Crippen LogP contribution in [0.25, 0.3) is 16.7 Å². The number of nitrogens with one attached hydrogen (secondary N) is 1. The lowest BCUT2D eigenvalue weighted by Gasteiger charge is -2.11. The van der Waals surface area contributed by atoms with Gasteiger partial charge < -0.3 is 9.73 Å². The van der Waals surface area contributed by atoms with Gasteiger partial charge in [-0.05, 0) is 35.4 Å². The number of carbonyl (C=O) groups excluding carboxylic acids is 1. The van der Waals surface area contributed by atoms with Gasteiger partial charge in [-0.15, -0.1) is 10.2 Å². The molecule has 8 heteroatoms.